The van der Waals surface area contributed by atoms with E-state index in [1.807, 2.05) is 71.8 Å². The van der Waals surface area contributed by atoms with Gasteiger partial charge in [-0.05, 0) is 90.6 Å². The van der Waals surface area contributed by atoms with E-state index in [2.05, 4.69) is 21.4 Å². The van der Waals surface area contributed by atoms with Gasteiger partial charge >= 0.3 is 6.03 Å². The van der Waals surface area contributed by atoms with Crippen molar-refractivity contribution < 1.29 is 9.18 Å². The third kappa shape index (κ3) is 7.64. The zero-order chi connectivity index (χ0) is 28.4. The molecule has 1 aliphatic rings. The number of rotatable bonds is 8. The summed E-state index contributed by atoms with van der Waals surface area (Å²) in [6, 6.07) is 29.5. The lowest BCUT2D eigenvalue weighted by atomic mass is 9.82. The molecule has 6 nitrogen and oxygen atoms in total. The first kappa shape index (κ1) is 27.7. The maximum atomic E-state index is 13.8. The molecule has 0 radical (unpaired) electrons. The Labute approximate surface area is 240 Å². The number of benzene rings is 3. The molecule has 1 heterocycles. The summed E-state index contributed by atoms with van der Waals surface area (Å²) >= 11 is 0. The molecule has 1 N–H and O–H groups in total. The Morgan fingerprint density at radius 3 is 2.44 bits per heavy atom. The highest BCUT2D eigenvalue weighted by molar-refractivity contribution is 5.92. The molecule has 0 spiro atoms. The van der Waals surface area contributed by atoms with Crippen molar-refractivity contribution in [1.82, 2.24) is 10.3 Å². The number of hydrogen-bond donors (Lipinski definition) is 1. The Morgan fingerprint density at radius 1 is 0.976 bits per heavy atom. The van der Waals surface area contributed by atoms with E-state index in [9.17, 15) is 9.18 Å². The highest BCUT2D eigenvalue weighted by Gasteiger charge is 2.25. The van der Waals surface area contributed by atoms with Gasteiger partial charge in [-0.2, -0.15) is 5.26 Å². The second kappa shape index (κ2) is 13.5. The molecule has 0 saturated heterocycles. The van der Waals surface area contributed by atoms with Gasteiger partial charge in [0.25, 0.3) is 0 Å². The van der Waals surface area contributed by atoms with E-state index in [4.69, 9.17) is 5.26 Å². The van der Waals surface area contributed by atoms with E-state index >= 15 is 0 Å². The van der Waals surface area contributed by atoms with E-state index in [0.717, 1.165) is 48.1 Å². The van der Waals surface area contributed by atoms with Gasteiger partial charge < -0.3 is 5.32 Å². The number of amides is 2. The van der Waals surface area contributed by atoms with Gasteiger partial charge in [0.15, 0.2) is 5.82 Å². The Balaban J connectivity index is 1.25. The van der Waals surface area contributed by atoms with Gasteiger partial charge in [0.2, 0.25) is 0 Å². The second-order valence-electron chi connectivity index (χ2n) is 10.4. The molecule has 7 heteroatoms. The van der Waals surface area contributed by atoms with Crippen LogP contribution in [0.1, 0.15) is 36.8 Å². The van der Waals surface area contributed by atoms with Crippen molar-refractivity contribution in [2.24, 2.45) is 16.8 Å². The molecule has 206 valence electrons. The molecule has 0 unspecified atom stereocenters. The zero-order valence-corrected chi connectivity index (χ0v) is 22.8. The van der Waals surface area contributed by atoms with Gasteiger partial charge in [-0.15, -0.1) is 0 Å². The lowest BCUT2D eigenvalue weighted by Crippen LogP contribution is -2.43. The largest absolute Gasteiger partial charge is 0.334 e. The summed E-state index contributed by atoms with van der Waals surface area (Å²) in [7, 11) is 0. The minimum atomic E-state index is -0.276. The molecule has 1 aromatic heterocycles. The Morgan fingerprint density at radius 2 is 1.76 bits per heavy atom. The molecule has 41 heavy (non-hydrogen) atoms. The van der Waals surface area contributed by atoms with Crippen LogP contribution in [-0.4, -0.2) is 23.8 Å². The highest BCUT2D eigenvalue weighted by Crippen LogP contribution is 2.31. The summed E-state index contributed by atoms with van der Waals surface area (Å²) in [6.07, 6.45) is 7.46. The quantitative estimate of drug-likeness (QED) is 0.231. The SMILES string of the molecule is N#Cc1ccc(/N=C\C2CCC(CN(C(=O)NCc3ccccc3)c3ccc(-c4cccc(F)c4)cc3)CC2)nc1. The summed E-state index contributed by atoms with van der Waals surface area (Å²) in [4.78, 5) is 24.0. The summed E-state index contributed by atoms with van der Waals surface area (Å²) in [5.41, 5.74) is 4.07. The molecular formula is C34H32FN5O. The number of hydrogen-bond acceptors (Lipinski definition) is 4. The van der Waals surface area contributed by atoms with Crippen molar-refractivity contribution in [2.75, 3.05) is 11.4 Å². The van der Waals surface area contributed by atoms with Crippen LogP contribution in [0.15, 0.2) is 102 Å². The van der Waals surface area contributed by atoms with Crippen LogP contribution < -0.4 is 10.2 Å². The third-order valence-corrected chi connectivity index (χ3v) is 7.50. The van der Waals surface area contributed by atoms with E-state index < -0.39 is 0 Å². The first-order valence-electron chi connectivity index (χ1n) is 13.9. The van der Waals surface area contributed by atoms with Crippen molar-refractivity contribution in [1.29, 1.82) is 5.26 Å². The number of nitrogens with one attached hydrogen (secondary N) is 1. The molecule has 3 aromatic carbocycles. The average Bonchev–Trinajstić information content (AvgIpc) is 3.03. The van der Waals surface area contributed by atoms with E-state index in [0.29, 0.717) is 36.3 Å². The molecular weight excluding hydrogens is 513 g/mol. The first-order chi connectivity index (χ1) is 20.1. The summed E-state index contributed by atoms with van der Waals surface area (Å²) in [6.45, 7) is 1.06. The van der Waals surface area contributed by atoms with E-state index in [1.54, 1.807) is 18.2 Å². The predicted octanol–water partition coefficient (Wildman–Crippen LogP) is 7.68. The van der Waals surface area contributed by atoms with Crippen molar-refractivity contribution in [3.63, 3.8) is 0 Å². The Bertz CT molecular complexity index is 1510. The lowest BCUT2D eigenvalue weighted by Gasteiger charge is -2.32. The third-order valence-electron chi connectivity index (χ3n) is 7.50. The highest BCUT2D eigenvalue weighted by atomic mass is 19.1. The van der Waals surface area contributed by atoms with Gasteiger partial charge in [0.1, 0.15) is 11.9 Å². The molecule has 5 rings (SSSR count). The Kier molecular flexibility index (Phi) is 9.12. The number of halogens is 1. The number of pyridine rings is 1. The maximum Gasteiger partial charge on any atom is 0.322 e. The molecule has 1 fully saturated rings. The van der Waals surface area contributed by atoms with Crippen LogP contribution >= 0.6 is 0 Å². The molecule has 0 aliphatic heterocycles. The molecule has 1 saturated carbocycles. The van der Waals surface area contributed by atoms with Crippen LogP contribution in [0.3, 0.4) is 0 Å². The minimum Gasteiger partial charge on any atom is -0.334 e. The second-order valence-corrected chi connectivity index (χ2v) is 10.4. The number of aromatic nitrogens is 1. The zero-order valence-electron chi connectivity index (χ0n) is 22.8. The van der Waals surface area contributed by atoms with E-state index in [-0.39, 0.29) is 11.8 Å². The standard InChI is InChI=1S/C34H32FN5O/c35-31-8-4-7-30(19-31)29-14-16-32(17-15-29)40(34(41)39-22-25-5-2-1-3-6-25)24-27-11-9-26(10-12-27)21-37-33-18-13-28(20-36)23-38-33/h1-8,13-19,21,23,26-27H,9-12,22,24H2,(H,39,41)/b37-21-. The van der Waals surface area contributed by atoms with Crippen LogP contribution in [0.5, 0.6) is 0 Å². The predicted molar refractivity (Wildman–Crippen MR) is 160 cm³/mol. The number of aliphatic imine (C=N–C) groups is 1. The van der Waals surface area contributed by atoms with Gasteiger partial charge in [0.05, 0.1) is 5.56 Å². The maximum absolute atomic E-state index is 13.8. The normalized spacial score (nSPS) is 16.7. The van der Waals surface area contributed by atoms with Crippen molar-refractivity contribution in [3.05, 3.63) is 114 Å². The van der Waals surface area contributed by atoms with Crippen molar-refractivity contribution in [3.8, 4) is 17.2 Å². The molecule has 0 bridgehead atoms. The molecule has 4 aromatic rings. The van der Waals surface area contributed by atoms with E-state index in [1.165, 1.54) is 18.3 Å². The monoisotopic (exact) mass is 545 g/mol. The van der Waals surface area contributed by atoms with Gasteiger partial charge in [-0.1, -0.05) is 54.6 Å². The number of urea groups is 1. The van der Waals surface area contributed by atoms with Crippen molar-refractivity contribution >= 4 is 23.8 Å². The van der Waals surface area contributed by atoms with Crippen LogP contribution in [0, 0.1) is 29.0 Å². The topological polar surface area (TPSA) is 81.4 Å². The molecule has 0 atom stereocenters. The first-order valence-corrected chi connectivity index (χ1v) is 13.9. The fraction of sp³-hybridized carbons (Fsp3) is 0.235. The van der Waals surface area contributed by atoms with Gasteiger partial charge in [-0.25, -0.2) is 19.2 Å². The molecule has 2 amide bonds. The van der Waals surface area contributed by atoms with Gasteiger partial charge in [-0.3, -0.25) is 4.90 Å². The number of nitriles is 1. The van der Waals surface area contributed by atoms with Crippen LogP contribution in [-0.2, 0) is 6.54 Å². The summed E-state index contributed by atoms with van der Waals surface area (Å²) < 4.78 is 13.8. The van der Waals surface area contributed by atoms with Gasteiger partial charge in [0, 0.05) is 31.2 Å². The average molecular weight is 546 g/mol. The lowest BCUT2D eigenvalue weighted by molar-refractivity contribution is 0.242. The van der Waals surface area contributed by atoms with Crippen LogP contribution in [0.25, 0.3) is 11.1 Å². The summed E-state index contributed by atoms with van der Waals surface area (Å²) in [5, 5.41) is 12.0. The number of anilines is 1. The Hall–Kier alpha value is -4.83. The number of carbonyl (C=O) groups excluding carboxylic acids is 1. The van der Waals surface area contributed by atoms with Crippen LogP contribution in [0.2, 0.25) is 0 Å². The molecule has 1 aliphatic carbocycles. The minimum absolute atomic E-state index is 0.136. The van der Waals surface area contributed by atoms with Crippen molar-refractivity contribution in [2.45, 2.75) is 32.2 Å². The number of carbonyl (C=O) groups is 1. The fourth-order valence-corrected chi connectivity index (χ4v) is 5.16. The number of nitrogens with zero attached hydrogens (tertiary/aromatic N) is 4. The summed E-state index contributed by atoms with van der Waals surface area (Å²) in [5.74, 6) is 1.05. The smallest absolute Gasteiger partial charge is 0.322 e. The van der Waals surface area contributed by atoms with Crippen LogP contribution in [0.4, 0.5) is 20.7 Å². The fourth-order valence-electron chi connectivity index (χ4n) is 5.16.